The summed E-state index contributed by atoms with van der Waals surface area (Å²) in [6.45, 7) is 0.534. The van der Waals surface area contributed by atoms with E-state index in [1.165, 1.54) is 0 Å². The molecule has 0 aliphatic rings. The Labute approximate surface area is 121 Å². The number of carboxylic acid groups (broad SMARTS) is 1. The summed E-state index contributed by atoms with van der Waals surface area (Å²) in [5.74, 6) is -0.985. The van der Waals surface area contributed by atoms with Crippen LogP contribution in [0, 0.1) is 0 Å². The van der Waals surface area contributed by atoms with Gasteiger partial charge in [0, 0.05) is 24.2 Å². The molecule has 5 heteroatoms. The molecule has 21 heavy (non-hydrogen) atoms. The summed E-state index contributed by atoms with van der Waals surface area (Å²) in [7, 11) is 0. The first-order chi connectivity index (χ1) is 10.2. The molecule has 0 saturated carbocycles. The Hall–Kier alpha value is -2.95. The van der Waals surface area contributed by atoms with Gasteiger partial charge in [0.15, 0.2) is 0 Å². The fraction of sp³-hybridized carbons (Fsp3) is 0.0625. The Morgan fingerprint density at radius 1 is 1.10 bits per heavy atom. The molecule has 0 aliphatic heterocycles. The van der Waals surface area contributed by atoms with Gasteiger partial charge in [0.2, 0.25) is 0 Å². The number of nitrogens with zero attached hydrogens (tertiary/aromatic N) is 3. The van der Waals surface area contributed by atoms with Gasteiger partial charge in [-0.2, -0.15) is 5.10 Å². The molecule has 104 valence electrons. The molecule has 5 nitrogen and oxygen atoms in total. The Morgan fingerprint density at radius 3 is 2.48 bits per heavy atom. The van der Waals surface area contributed by atoms with Gasteiger partial charge in [-0.25, -0.2) is 4.79 Å². The predicted octanol–water partition coefficient (Wildman–Crippen LogP) is 2.69. The van der Waals surface area contributed by atoms with E-state index < -0.39 is 5.97 Å². The Balaban J connectivity index is 1.99. The highest BCUT2D eigenvalue weighted by atomic mass is 16.4. The summed E-state index contributed by atoms with van der Waals surface area (Å²) in [5, 5.41) is 13.7. The van der Waals surface area contributed by atoms with Gasteiger partial charge in [-0.05, 0) is 17.7 Å². The van der Waals surface area contributed by atoms with E-state index in [0.29, 0.717) is 12.2 Å². The van der Waals surface area contributed by atoms with Crippen LogP contribution in [0.1, 0.15) is 15.9 Å². The van der Waals surface area contributed by atoms with E-state index in [1.54, 1.807) is 35.4 Å². The highest BCUT2D eigenvalue weighted by Crippen LogP contribution is 2.21. The normalized spacial score (nSPS) is 10.5. The van der Waals surface area contributed by atoms with Gasteiger partial charge in [-0.15, -0.1) is 0 Å². The Bertz CT molecular complexity index is 752. The summed E-state index contributed by atoms with van der Waals surface area (Å²) in [6.07, 6.45) is 4.81. The maximum atomic E-state index is 11.4. The van der Waals surface area contributed by atoms with Crippen LogP contribution < -0.4 is 0 Å². The van der Waals surface area contributed by atoms with Crippen LogP contribution in [0.4, 0.5) is 0 Å². The lowest BCUT2D eigenvalue weighted by molar-refractivity contribution is 0.0697. The molecule has 0 bridgehead atoms. The van der Waals surface area contributed by atoms with Crippen molar-refractivity contribution in [1.29, 1.82) is 0 Å². The third kappa shape index (κ3) is 2.81. The minimum Gasteiger partial charge on any atom is -0.478 e. The summed E-state index contributed by atoms with van der Waals surface area (Å²) >= 11 is 0. The molecule has 0 fully saturated rings. The van der Waals surface area contributed by atoms with Crippen LogP contribution in [0.5, 0.6) is 0 Å². The molecule has 0 unspecified atom stereocenters. The second-order valence-corrected chi connectivity index (χ2v) is 4.62. The summed E-state index contributed by atoms with van der Waals surface area (Å²) < 4.78 is 1.65. The first kappa shape index (κ1) is 13.1. The standard InChI is InChI=1S/C16H13N3O2/c20-16(21)14-11-19(10-12-4-2-1-3-5-12)18-15(14)13-6-8-17-9-7-13/h1-9,11H,10H2,(H,20,21). The van der Waals surface area contributed by atoms with Crippen LogP contribution in [0.3, 0.4) is 0 Å². The van der Waals surface area contributed by atoms with Crippen LogP contribution in [-0.4, -0.2) is 25.8 Å². The fourth-order valence-electron chi connectivity index (χ4n) is 2.15. The van der Waals surface area contributed by atoms with Crippen molar-refractivity contribution in [3.63, 3.8) is 0 Å². The van der Waals surface area contributed by atoms with E-state index in [2.05, 4.69) is 10.1 Å². The zero-order valence-electron chi connectivity index (χ0n) is 11.2. The number of hydrogen-bond donors (Lipinski definition) is 1. The number of aromatic nitrogens is 3. The molecule has 0 aliphatic carbocycles. The van der Waals surface area contributed by atoms with Crippen molar-refractivity contribution >= 4 is 5.97 Å². The first-order valence-corrected chi connectivity index (χ1v) is 6.49. The van der Waals surface area contributed by atoms with Crippen molar-refractivity contribution in [3.8, 4) is 11.3 Å². The first-order valence-electron chi connectivity index (χ1n) is 6.49. The molecular weight excluding hydrogens is 266 g/mol. The van der Waals surface area contributed by atoms with Gasteiger partial charge in [-0.3, -0.25) is 9.67 Å². The van der Waals surface area contributed by atoms with Gasteiger partial charge in [0.1, 0.15) is 11.3 Å². The SMILES string of the molecule is O=C(O)c1cn(Cc2ccccc2)nc1-c1ccncc1. The smallest absolute Gasteiger partial charge is 0.339 e. The molecule has 0 radical (unpaired) electrons. The van der Waals surface area contributed by atoms with Gasteiger partial charge in [0.05, 0.1) is 6.54 Å². The summed E-state index contributed by atoms with van der Waals surface area (Å²) in [4.78, 5) is 15.3. The topological polar surface area (TPSA) is 68.0 Å². The van der Waals surface area contributed by atoms with E-state index in [4.69, 9.17) is 0 Å². The van der Waals surface area contributed by atoms with Crippen molar-refractivity contribution in [2.45, 2.75) is 6.54 Å². The van der Waals surface area contributed by atoms with E-state index in [9.17, 15) is 9.90 Å². The molecule has 0 spiro atoms. The largest absolute Gasteiger partial charge is 0.478 e. The molecule has 3 aromatic rings. The van der Waals surface area contributed by atoms with Crippen LogP contribution in [-0.2, 0) is 6.54 Å². The lowest BCUT2D eigenvalue weighted by atomic mass is 10.1. The second kappa shape index (κ2) is 5.58. The maximum absolute atomic E-state index is 11.4. The molecule has 0 atom stereocenters. The summed E-state index contributed by atoms with van der Waals surface area (Å²) in [5.41, 5.74) is 2.46. The third-order valence-electron chi connectivity index (χ3n) is 3.13. The number of carbonyl (C=O) groups is 1. The molecule has 1 aromatic carbocycles. The monoisotopic (exact) mass is 279 g/mol. The quantitative estimate of drug-likeness (QED) is 0.797. The van der Waals surface area contributed by atoms with Gasteiger partial charge < -0.3 is 5.11 Å². The number of pyridine rings is 1. The minimum atomic E-state index is -0.985. The number of rotatable bonds is 4. The second-order valence-electron chi connectivity index (χ2n) is 4.62. The van der Waals surface area contributed by atoms with E-state index in [0.717, 1.165) is 11.1 Å². The fourth-order valence-corrected chi connectivity index (χ4v) is 2.15. The highest BCUT2D eigenvalue weighted by Gasteiger charge is 2.17. The predicted molar refractivity (Wildman–Crippen MR) is 78.0 cm³/mol. The average Bonchev–Trinajstić information content (AvgIpc) is 2.93. The highest BCUT2D eigenvalue weighted by molar-refractivity contribution is 5.94. The van der Waals surface area contributed by atoms with E-state index >= 15 is 0 Å². The minimum absolute atomic E-state index is 0.192. The van der Waals surface area contributed by atoms with Gasteiger partial charge in [0.25, 0.3) is 0 Å². The number of carboxylic acids is 1. The Morgan fingerprint density at radius 2 is 1.81 bits per heavy atom. The molecule has 0 saturated heterocycles. The van der Waals surface area contributed by atoms with Crippen LogP contribution in [0.15, 0.2) is 61.1 Å². The van der Waals surface area contributed by atoms with Crippen molar-refractivity contribution in [2.75, 3.05) is 0 Å². The van der Waals surface area contributed by atoms with Gasteiger partial charge >= 0.3 is 5.97 Å². The van der Waals surface area contributed by atoms with Crippen LogP contribution >= 0.6 is 0 Å². The third-order valence-corrected chi connectivity index (χ3v) is 3.13. The molecule has 1 N–H and O–H groups in total. The number of aromatic carboxylic acids is 1. The lowest BCUT2D eigenvalue weighted by Crippen LogP contribution is -2.00. The summed E-state index contributed by atoms with van der Waals surface area (Å²) in [6, 6.07) is 13.3. The average molecular weight is 279 g/mol. The zero-order chi connectivity index (χ0) is 14.7. The molecular formula is C16H13N3O2. The van der Waals surface area contributed by atoms with Crippen molar-refractivity contribution in [3.05, 3.63) is 72.2 Å². The van der Waals surface area contributed by atoms with Crippen LogP contribution in [0.2, 0.25) is 0 Å². The maximum Gasteiger partial charge on any atom is 0.339 e. The zero-order valence-corrected chi connectivity index (χ0v) is 11.2. The molecule has 3 rings (SSSR count). The molecule has 2 aromatic heterocycles. The van der Waals surface area contributed by atoms with Crippen molar-refractivity contribution < 1.29 is 9.90 Å². The Kier molecular flexibility index (Phi) is 3.47. The van der Waals surface area contributed by atoms with E-state index in [-0.39, 0.29) is 5.56 Å². The van der Waals surface area contributed by atoms with Gasteiger partial charge in [-0.1, -0.05) is 30.3 Å². The lowest BCUT2D eigenvalue weighted by Gasteiger charge is -2.01. The molecule has 2 heterocycles. The van der Waals surface area contributed by atoms with E-state index in [1.807, 2.05) is 30.3 Å². The number of hydrogen-bond acceptors (Lipinski definition) is 3. The number of benzene rings is 1. The van der Waals surface area contributed by atoms with Crippen molar-refractivity contribution in [2.24, 2.45) is 0 Å². The van der Waals surface area contributed by atoms with Crippen LogP contribution in [0.25, 0.3) is 11.3 Å². The van der Waals surface area contributed by atoms with Crippen molar-refractivity contribution in [1.82, 2.24) is 14.8 Å². The molecule has 0 amide bonds.